The van der Waals surface area contributed by atoms with Gasteiger partial charge in [-0.2, -0.15) is 11.3 Å². The Labute approximate surface area is 107 Å². The summed E-state index contributed by atoms with van der Waals surface area (Å²) in [6.45, 7) is 1.65. The second-order valence-corrected chi connectivity index (χ2v) is 4.84. The molecule has 0 saturated carbocycles. The summed E-state index contributed by atoms with van der Waals surface area (Å²) >= 11 is 1.28. The summed E-state index contributed by atoms with van der Waals surface area (Å²) < 4.78 is 26.3. The molecule has 3 nitrogen and oxygen atoms in total. The van der Waals surface area contributed by atoms with Gasteiger partial charge in [-0.1, -0.05) is 6.92 Å². The van der Waals surface area contributed by atoms with Crippen LogP contribution in [0.25, 0.3) is 0 Å². The molecule has 0 aromatic carbocycles. The van der Waals surface area contributed by atoms with E-state index in [9.17, 15) is 18.4 Å². The van der Waals surface area contributed by atoms with Crippen LogP contribution < -0.4 is 0 Å². The Balaban J connectivity index is 3.13. The first kappa shape index (κ1) is 14.8. The molecule has 0 aliphatic rings. The van der Waals surface area contributed by atoms with E-state index in [1.165, 1.54) is 11.3 Å². The lowest BCUT2D eigenvalue weighted by atomic mass is 9.77. The van der Waals surface area contributed by atoms with Gasteiger partial charge in [0.2, 0.25) is 0 Å². The van der Waals surface area contributed by atoms with Crippen molar-refractivity contribution in [2.75, 3.05) is 0 Å². The fourth-order valence-electron chi connectivity index (χ4n) is 1.75. The van der Waals surface area contributed by atoms with Crippen molar-refractivity contribution in [2.24, 2.45) is 5.41 Å². The molecule has 1 rings (SSSR count). The minimum absolute atomic E-state index is 0.152. The van der Waals surface area contributed by atoms with Crippen LogP contribution >= 0.6 is 11.3 Å². The molecule has 0 aliphatic heterocycles. The van der Waals surface area contributed by atoms with Gasteiger partial charge in [-0.25, -0.2) is 8.78 Å². The number of rotatable bonds is 7. The maximum atomic E-state index is 13.2. The molecule has 0 saturated heterocycles. The van der Waals surface area contributed by atoms with E-state index in [4.69, 9.17) is 5.11 Å². The lowest BCUT2D eigenvalue weighted by Gasteiger charge is -2.26. The molecule has 0 bridgehead atoms. The summed E-state index contributed by atoms with van der Waals surface area (Å²) in [5.41, 5.74) is -2.16. The van der Waals surface area contributed by atoms with Gasteiger partial charge in [-0.05, 0) is 28.8 Å². The summed E-state index contributed by atoms with van der Waals surface area (Å²) in [4.78, 5) is 23.0. The van der Waals surface area contributed by atoms with Crippen molar-refractivity contribution in [2.45, 2.75) is 32.6 Å². The van der Waals surface area contributed by atoms with Crippen LogP contribution in [0.4, 0.5) is 8.78 Å². The van der Waals surface area contributed by atoms with Crippen LogP contribution in [0.2, 0.25) is 0 Å². The first-order valence-electron chi connectivity index (χ1n) is 5.51. The second kappa shape index (κ2) is 6.04. The molecule has 1 aromatic heterocycles. The van der Waals surface area contributed by atoms with Gasteiger partial charge in [0, 0.05) is 12.8 Å². The van der Waals surface area contributed by atoms with Gasteiger partial charge < -0.3 is 5.11 Å². The van der Waals surface area contributed by atoms with E-state index in [2.05, 4.69) is 0 Å². The van der Waals surface area contributed by atoms with Crippen molar-refractivity contribution in [1.29, 1.82) is 0 Å². The van der Waals surface area contributed by atoms with Crippen LogP contribution in [0.3, 0.4) is 0 Å². The molecule has 1 aromatic rings. The molecule has 100 valence electrons. The van der Waals surface area contributed by atoms with E-state index in [-0.39, 0.29) is 6.42 Å². The number of carboxylic acid groups (broad SMARTS) is 1. The molecule has 0 spiro atoms. The molecular formula is C12H14F2O3S. The first-order chi connectivity index (χ1) is 8.45. The minimum atomic E-state index is -3.21. The molecule has 1 unspecified atom stereocenters. The molecule has 0 fully saturated rings. The molecule has 1 heterocycles. The van der Waals surface area contributed by atoms with Crippen LogP contribution in [-0.4, -0.2) is 23.3 Å². The molecule has 0 radical (unpaired) electrons. The summed E-state index contributed by atoms with van der Waals surface area (Å²) in [7, 11) is 0. The highest BCUT2D eigenvalue weighted by atomic mass is 32.1. The summed E-state index contributed by atoms with van der Waals surface area (Å²) in [6, 6.07) is 1.56. The van der Waals surface area contributed by atoms with Crippen LogP contribution in [0, 0.1) is 5.41 Å². The van der Waals surface area contributed by atoms with Gasteiger partial charge in [0.25, 0.3) is 6.43 Å². The average molecular weight is 276 g/mol. The number of Topliss-reactive ketones (excluding diaryl/α,β-unsaturated/α-hetero) is 1. The number of carbonyl (C=O) groups is 2. The van der Waals surface area contributed by atoms with Crippen molar-refractivity contribution in [3.05, 3.63) is 22.4 Å². The zero-order valence-electron chi connectivity index (χ0n) is 9.86. The number of ketones is 1. The zero-order chi connectivity index (χ0) is 13.8. The fraction of sp³-hybridized carbons (Fsp3) is 0.500. The number of carboxylic acids is 1. The molecule has 0 aliphatic carbocycles. The number of hydrogen-bond acceptors (Lipinski definition) is 3. The van der Waals surface area contributed by atoms with E-state index in [0.29, 0.717) is 12.0 Å². The third kappa shape index (κ3) is 2.75. The van der Waals surface area contributed by atoms with Crippen LogP contribution in [0.1, 0.15) is 25.3 Å². The van der Waals surface area contributed by atoms with Crippen LogP contribution in [-0.2, 0) is 16.0 Å². The highest BCUT2D eigenvalue weighted by Crippen LogP contribution is 2.34. The Morgan fingerprint density at radius 1 is 1.50 bits per heavy atom. The Morgan fingerprint density at radius 2 is 2.17 bits per heavy atom. The lowest BCUT2D eigenvalue weighted by Crippen LogP contribution is -2.47. The minimum Gasteiger partial charge on any atom is -0.480 e. The molecule has 18 heavy (non-hydrogen) atoms. The van der Waals surface area contributed by atoms with Crippen molar-refractivity contribution >= 4 is 23.1 Å². The smallest absolute Gasteiger partial charge is 0.323 e. The third-order valence-corrected chi connectivity index (χ3v) is 3.52. The molecule has 1 N–H and O–H groups in total. The second-order valence-electron chi connectivity index (χ2n) is 4.06. The van der Waals surface area contributed by atoms with Crippen molar-refractivity contribution < 1.29 is 23.5 Å². The quantitative estimate of drug-likeness (QED) is 0.779. The number of aliphatic carboxylic acids is 1. The summed E-state index contributed by atoms with van der Waals surface area (Å²) in [5, 5.41) is 12.3. The van der Waals surface area contributed by atoms with Gasteiger partial charge >= 0.3 is 5.97 Å². The zero-order valence-corrected chi connectivity index (χ0v) is 10.7. The molecular weight excluding hydrogens is 262 g/mol. The predicted octanol–water partition coefficient (Wildman–Crippen LogP) is 3.00. The normalized spacial score (nSPS) is 14.4. The van der Waals surface area contributed by atoms with Gasteiger partial charge in [-0.15, -0.1) is 0 Å². The van der Waals surface area contributed by atoms with E-state index in [0.717, 1.165) is 0 Å². The maximum Gasteiger partial charge on any atom is 0.323 e. The van der Waals surface area contributed by atoms with Crippen molar-refractivity contribution in [3.63, 3.8) is 0 Å². The van der Waals surface area contributed by atoms with Gasteiger partial charge in [0.1, 0.15) is 0 Å². The Bertz CT molecular complexity index is 417. The van der Waals surface area contributed by atoms with Gasteiger partial charge in [0.15, 0.2) is 11.2 Å². The average Bonchev–Trinajstić information content (AvgIpc) is 2.77. The van der Waals surface area contributed by atoms with E-state index in [1.807, 2.05) is 0 Å². The fourth-order valence-corrected chi connectivity index (χ4v) is 2.42. The standard InChI is InChI=1S/C12H14F2O3S/c1-2-3-9(15)12(10(13)14,11(16)17)6-8-4-5-18-7-8/h4-5,7,10H,2-3,6H2,1H3,(H,16,17). The van der Waals surface area contributed by atoms with Gasteiger partial charge in [0.05, 0.1) is 0 Å². The van der Waals surface area contributed by atoms with Crippen molar-refractivity contribution in [1.82, 2.24) is 0 Å². The topological polar surface area (TPSA) is 54.4 Å². The Morgan fingerprint density at radius 3 is 2.56 bits per heavy atom. The monoisotopic (exact) mass is 276 g/mol. The highest BCUT2D eigenvalue weighted by molar-refractivity contribution is 7.07. The van der Waals surface area contributed by atoms with E-state index in [1.54, 1.807) is 23.8 Å². The van der Waals surface area contributed by atoms with Crippen LogP contribution in [0.15, 0.2) is 16.8 Å². The Hall–Kier alpha value is -1.30. The molecule has 1 atom stereocenters. The van der Waals surface area contributed by atoms with E-state index < -0.39 is 30.0 Å². The summed E-state index contributed by atoms with van der Waals surface area (Å²) in [5.74, 6) is -2.65. The number of halogens is 2. The van der Waals surface area contributed by atoms with Crippen molar-refractivity contribution in [3.8, 4) is 0 Å². The van der Waals surface area contributed by atoms with Crippen LogP contribution in [0.5, 0.6) is 0 Å². The maximum absolute atomic E-state index is 13.2. The first-order valence-corrected chi connectivity index (χ1v) is 6.45. The van der Waals surface area contributed by atoms with Gasteiger partial charge in [-0.3, -0.25) is 9.59 Å². The summed E-state index contributed by atoms with van der Waals surface area (Å²) in [6.07, 6.45) is -3.47. The van der Waals surface area contributed by atoms with E-state index >= 15 is 0 Å². The number of hydrogen-bond donors (Lipinski definition) is 1. The third-order valence-electron chi connectivity index (χ3n) is 2.79. The predicted molar refractivity (Wildman–Crippen MR) is 64.0 cm³/mol. The largest absolute Gasteiger partial charge is 0.480 e. The highest BCUT2D eigenvalue weighted by Gasteiger charge is 2.53. The number of alkyl halides is 2. The Kier molecular flexibility index (Phi) is 4.95. The lowest BCUT2D eigenvalue weighted by molar-refractivity contribution is -0.166. The number of thiophene rings is 1. The SMILES string of the molecule is CCCC(=O)C(Cc1ccsc1)(C(=O)O)C(F)F. The number of carbonyl (C=O) groups excluding carboxylic acids is 1. The molecule has 6 heteroatoms. The molecule has 0 amide bonds.